The van der Waals surface area contributed by atoms with Gasteiger partial charge >= 0.3 is 11.9 Å². The number of carboxylic acid groups (broad SMARTS) is 1. The number of ketones is 1. The molecule has 4 N–H and O–H groups in total. The summed E-state index contributed by atoms with van der Waals surface area (Å²) in [5, 5.41) is 13.6. The molecule has 0 bridgehead atoms. The average Bonchev–Trinajstić information content (AvgIpc) is 3.07. The van der Waals surface area contributed by atoms with Crippen molar-refractivity contribution in [3.63, 3.8) is 0 Å². The lowest BCUT2D eigenvalue weighted by molar-refractivity contribution is -0.151. The van der Waals surface area contributed by atoms with Crippen molar-refractivity contribution in [2.75, 3.05) is 18.1 Å². The number of hydrogen-bond acceptors (Lipinski definition) is 10. The lowest BCUT2D eigenvalue weighted by Crippen LogP contribution is -2.70. The fourth-order valence-electron chi connectivity index (χ4n) is 3.01. The van der Waals surface area contributed by atoms with Gasteiger partial charge in [0.25, 0.3) is 5.91 Å². The number of aromatic nitrogens is 1. The third-order valence-electron chi connectivity index (χ3n) is 4.28. The molecule has 2 aliphatic heterocycles. The first kappa shape index (κ1) is 21.8. The summed E-state index contributed by atoms with van der Waals surface area (Å²) >= 11 is 2.45. The molecular weight excluding hydrogens is 436 g/mol. The third kappa shape index (κ3) is 4.62. The number of hydrogen-bond donors (Lipinski definition) is 3. The number of esters is 1. The Bertz CT molecular complexity index is 958. The molecule has 2 atom stereocenters. The van der Waals surface area contributed by atoms with Crippen LogP contribution in [-0.2, 0) is 35.1 Å². The number of Topliss-reactive ketones (excluding diaryl/α,β-unsaturated/α-hetero) is 1. The van der Waals surface area contributed by atoms with Crippen molar-refractivity contribution >= 4 is 57.8 Å². The Hall–Kier alpha value is -2.93. The largest absolute Gasteiger partial charge is 0.477 e. The smallest absolute Gasteiger partial charge is 0.352 e. The van der Waals surface area contributed by atoms with Crippen LogP contribution in [-0.4, -0.2) is 68.3 Å². The topological polar surface area (TPSA) is 169 Å². The summed E-state index contributed by atoms with van der Waals surface area (Å²) in [5.41, 5.74) is 5.99. The van der Waals surface area contributed by atoms with Crippen LogP contribution in [0.3, 0.4) is 0 Å². The zero-order valence-electron chi connectivity index (χ0n) is 15.7. The molecule has 0 aromatic carbocycles. The predicted molar refractivity (Wildman–Crippen MR) is 106 cm³/mol. The number of nitrogens with zero attached hydrogens (tertiary/aromatic N) is 2. The van der Waals surface area contributed by atoms with Crippen LogP contribution in [0.15, 0.2) is 16.7 Å². The van der Waals surface area contributed by atoms with Gasteiger partial charge < -0.3 is 20.9 Å². The van der Waals surface area contributed by atoms with E-state index in [1.54, 1.807) is 5.38 Å². The fourth-order valence-corrected chi connectivity index (χ4v) is 4.90. The van der Waals surface area contributed by atoms with Crippen LogP contribution in [0.4, 0.5) is 5.13 Å². The van der Waals surface area contributed by atoms with E-state index in [0.29, 0.717) is 10.8 Å². The molecule has 0 unspecified atom stereocenters. The van der Waals surface area contributed by atoms with Crippen LogP contribution >= 0.6 is 23.1 Å². The maximum absolute atomic E-state index is 12.5. The number of anilines is 1. The molecule has 3 rings (SSSR count). The highest BCUT2D eigenvalue weighted by Gasteiger charge is 2.54. The van der Waals surface area contributed by atoms with Gasteiger partial charge in [0.1, 0.15) is 35.9 Å². The zero-order chi connectivity index (χ0) is 22.0. The fraction of sp³-hybridized carbons (Fsp3) is 0.412. The van der Waals surface area contributed by atoms with Gasteiger partial charge in [0.15, 0.2) is 5.13 Å². The molecule has 2 aliphatic rings. The summed E-state index contributed by atoms with van der Waals surface area (Å²) in [5.74, 6) is -3.28. The van der Waals surface area contributed by atoms with E-state index >= 15 is 0 Å². The second kappa shape index (κ2) is 8.83. The maximum atomic E-state index is 12.5. The number of nitrogen functional groups attached to an aromatic ring is 1. The molecular formula is C17H18N4O7S2. The number of fused-ring (bicyclic) bond motifs is 1. The van der Waals surface area contributed by atoms with Gasteiger partial charge in [-0.15, -0.1) is 23.1 Å². The second-order valence-corrected chi connectivity index (χ2v) is 8.60. The van der Waals surface area contributed by atoms with E-state index in [1.165, 1.54) is 30.0 Å². The molecule has 1 aromatic rings. The normalized spacial score (nSPS) is 20.3. The Labute approximate surface area is 178 Å². The Balaban J connectivity index is 1.65. The number of aliphatic carboxylic acids is 1. The highest BCUT2D eigenvalue weighted by molar-refractivity contribution is 8.00. The molecule has 30 heavy (non-hydrogen) atoms. The lowest BCUT2D eigenvalue weighted by atomic mass is 10.0. The van der Waals surface area contributed by atoms with Gasteiger partial charge in [-0.2, -0.15) is 0 Å². The van der Waals surface area contributed by atoms with Crippen molar-refractivity contribution in [2.24, 2.45) is 0 Å². The molecule has 160 valence electrons. The number of amides is 2. The molecule has 1 aromatic heterocycles. The predicted octanol–water partition coefficient (Wildman–Crippen LogP) is -0.471. The number of carboxylic acids is 1. The molecule has 3 heterocycles. The minimum Gasteiger partial charge on any atom is -0.477 e. The number of carbonyl (C=O) groups is 5. The molecule has 1 saturated heterocycles. The van der Waals surface area contributed by atoms with Gasteiger partial charge in [0.2, 0.25) is 5.91 Å². The van der Waals surface area contributed by atoms with Crippen molar-refractivity contribution in [1.29, 1.82) is 0 Å². The van der Waals surface area contributed by atoms with E-state index in [9.17, 15) is 29.1 Å². The molecule has 0 saturated carbocycles. The Morgan fingerprint density at radius 1 is 1.40 bits per heavy atom. The van der Waals surface area contributed by atoms with E-state index in [1.807, 2.05) is 0 Å². The van der Waals surface area contributed by atoms with Gasteiger partial charge in [-0.1, -0.05) is 0 Å². The number of carbonyl (C=O) groups excluding carboxylic acids is 4. The quantitative estimate of drug-likeness (QED) is 0.265. The van der Waals surface area contributed by atoms with E-state index in [2.05, 4.69) is 10.3 Å². The van der Waals surface area contributed by atoms with Crippen LogP contribution in [0.5, 0.6) is 0 Å². The summed E-state index contributed by atoms with van der Waals surface area (Å²) in [7, 11) is 0. The molecule has 0 spiro atoms. The lowest BCUT2D eigenvalue weighted by Gasteiger charge is -2.49. The molecule has 13 heteroatoms. The summed E-state index contributed by atoms with van der Waals surface area (Å²) in [6.45, 7) is 0.903. The van der Waals surface area contributed by atoms with Crippen LogP contribution in [0.1, 0.15) is 19.0 Å². The Morgan fingerprint density at radius 3 is 2.73 bits per heavy atom. The van der Waals surface area contributed by atoms with Crippen molar-refractivity contribution in [3.8, 4) is 0 Å². The minimum absolute atomic E-state index is 0.0478. The standard InChI is InChI=1S/C17H18N4O7S2/c1-7(22)2-11(24)28-4-8-5-29-15-12(14(25)21(15)13(8)16(26)27)20-10(23)3-9-6-30-17(18)19-9/h6,12,15H,2-5H2,1H3,(H2,18,19)(H,20,23)(H,26,27)/t12-,15-/m1/s1. The number of nitrogens with one attached hydrogen (secondary N) is 1. The maximum Gasteiger partial charge on any atom is 0.352 e. The summed E-state index contributed by atoms with van der Waals surface area (Å²) in [4.78, 5) is 64.1. The van der Waals surface area contributed by atoms with Crippen LogP contribution < -0.4 is 11.1 Å². The zero-order valence-corrected chi connectivity index (χ0v) is 17.4. The number of thioether (sulfide) groups is 1. The third-order valence-corrected chi connectivity index (χ3v) is 6.34. The van der Waals surface area contributed by atoms with Gasteiger partial charge in [-0.25, -0.2) is 9.78 Å². The van der Waals surface area contributed by atoms with Crippen LogP contribution in [0.2, 0.25) is 0 Å². The van der Waals surface area contributed by atoms with Gasteiger partial charge in [0.05, 0.1) is 12.1 Å². The van der Waals surface area contributed by atoms with E-state index < -0.39 is 41.6 Å². The van der Waals surface area contributed by atoms with Crippen molar-refractivity contribution in [3.05, 3.63) is 22.3 Å². The molecule has 0 radical (unpaired) electrons. The minimum atomic E-state index is -1.34. The van der Waals surface area contributed by atoms with Crippen molar-refractivity contribution in [2.45, 2.75) is 31.2 Å². The monoisotopic (exact) mass is 454 g/mol. The van der Waals surface area contributed by atoms with Crippen LogP contribution in [0, 0.1) is 0 Å². The number of thiazole rings is 1. The SMILES string of the molecule is CC(=O)CC(=O)OCC1=C(C(=O)O)N2C(=O)[C@@H](NC(=O)Cc3csc(N)n3)[C@H]2SC1. The Morgan fingerprint density at radius 2 is 2.13 bits per heavy atom. The molecule has 11 nitrogen and oxygen atoms in total. The number of ether oxygens (including phenoxy) is 1. The summed E-state index contributed by atoms with van der Waals surface area (Å²) < 4.78 is 4.96. The second-order valence-electron chi connectivity index (χ2n) is 6.61. The molecule has 1 fully saturated rings. The van der Waals surface area contributed by atoms with Gasteiger partial charge in [-0.3, -0.25) is 24.1 Å². The van der Waals surface area contributed by atoms with Crippen molar-refractivity contribution < 1.29 is 33.8 Å². The van der Waals surface area contributed by atoms with Crippen LogP contribution in [0.25, 0.3) is 0 Å². The summed E-state index contributed by atoms with van der Waals surface area (Å²) in [6, 6.07) is -0.866. The first-order valence-electron chi connectivity index (χ1n) is 8.71. The number of nitrogens with two attached hydrogens (primary N) is 1. The van der Waals surface area contributed by atoms with Gasteiger partial charge in [0, 0.05) is 16.7 Å². The average molecular weight is 454 g/mol. The number of rotatable bonds is 8. The summed E-state index contributed by atoms with van der Waals surface area (Å²) in [6.07, 6.45) is -0.458. The van der Waals surface area contributed by atoms with E-state index in [4.69, 9.17) is 10.5 Å². The highest BCUT2D eigenvalue weighted by atomic mass is 32.2. The Kier molecular flexibility index (Phi) is 6.41. The first-order valence-corrected chi connectivity index (χ1v) is 10.6. The van der Waals surface area contributed by atoms with Crippen molar-refractivity contribution in [1.82, 2.24) is 15.2 Å². The number of β-lactam (4-membered cyclic amide) rings is 1. The highest BCUT2D eigenvalue weighted by Crippen LogP contribution is 2.40. The van der Waals surface area contributed by atoms with Gasteiger partial charge in [-0.05, 0) is 6.92 Å². The van der Waals surface area contributed by atoms with E-state index in [-0.39, 0.29) is 35.8 Å². The first-order chi connectivity index (χ1) is 14.2. The molecule has 0 aliphatic carbocycles. The van der Waals surface area contributed by atoms with E-state index in [0.717, 1.165) is 4.90 Å². The molecule has 2 amide bonds.